The maximum atomic E-state index is 11.5. The van der Waals surface area contributed by atoms with Gasteiger partial charge in [0, 0.05) is 23.7 Å². The molecule has 1 heterocycles. The summed E-state index contributed by atoms with van der Waals surface area (Å²) in [7, 11) is 0. The van der Waals surface area contributed by atoms with Gasteiger partial charge in [-0.25, -0.2) is 0 Å². The number of ketones is 1. The molecule has 0 fully saturated rings. The van der Waals surface area contributed by atoms with Gasteiger partial charge in [-0.3, -0.25) is 4.79 Å². The van der Waals surface area contributed by atoms with Gasteiger partial charge in [0.25, 0.3) is 0 Å². The van der Waals surface area contributed by atoms with E-state index < -0.39 is 0 Å². The van der Waals surface area contributed by atoms with Gasteiger partial charge in [0.15, 0.2) is 5.78 Å². The molecule has 66 valence electrons. The average Bonchev–Trinajstić information content (AvgIpc) is 2.04. The van der Waals surface area contributed by atoms with Gasteiger partial charge in [0.1, 0.15) is 0 Å². The van der Waals surface area contributed by atoms with Crippen molar-refractivity contribution in [3.05, 3.63) is 11.3 Å². The van der Waals surface area contributed by atoms with Crippen molar-refractivity contribution < 1.29 is 4.79 Å². The van der Waals surface area contributed by atoms with Crippen LogP contribution in [0, 0.1) is 0 Å². The van der Waals surface area contributed by atoms with Gasteiger partial charge >= 0.3 is 0 Å². The zero-order chi connectivity index (χ0) is 8.55. The molecule has 2 heteroatoms. The molecule has 0 radical (unpaired) electrons. The van der Waals surface area contributed by atoms with E-state index in [4.69, 9.17) is 0 Å². The van der Waals surface area contributed by atoms with Crippen molar-refractivity contribution in [1.82, 2.24) is 5.32 Å². The second-order valence-corrected chi connectivity index (χ2v) is 3.84. The minimum Gasteiger partial charge on any atom is -0.385 e. The number of carbonyl (C=O) groups excluding carboxylic acids is 1. The lowest BCUT2D eigenvalue weighted by molar-refractivity contribution is -0.116. The molecule has 0 saturated carbocycles. The van der Waals surface area contributed by atoms with E-state index in [1.807, 2.05) is 0 Å². The molecule has 0 aromatic heterocycles. The number of hydrogen-bond donors (Lipinski definition) is 1. The molecular weight excluding hydrogens is 150 g/mol. The third kappa shape index (κ3) is 1.26. The van der Waals surface area contributed by atoms with E-state index in [0.29, 0.717) is 18.2 Å². The van der Waals surface area contributed by atoms with Crippen LogP contribution in [0.3, 0.4) is 0 Å². The summed E-state index contributed by atoms with van der Waals surface area (Å²) in [6, 6.07) is 0.356. The first-order valence-corrected chi connectivity index (χ1v) is 4.79. The van der Waals surface area contributed by atoms with E-state index in [1.54, 1.807) is 0 Å². The van der Waals surface area contributed by atoms with Gasteiger partial charge < -0.3 is 5.32 Å². The van der Waals surface area contributed by atoms with Crippen LogP contribution in [-0.4, -0.2) is 11.8 Å². The fraction of sp³-hybridized carbons (Fsp3) is 0.700. The standard InChI is InChI=1S/C10H15NO/c1-7-6-10(12)8-4-2-3-5-9(8)11-7/h7,11H,2-6H2,1H3/t7-/m0/s1. The van der Waals surface area contributed by atoms with Crippen LogP contribution in [0.5, 0.6) is 0 Å². The van der Waals surface area contributed by atoms with Crippen molar-refractivity contribution in [3.8, 4) is 0 Å². The van der Waals surface area contributed by atoms with E-state index in [-0.39, 0.29) is 0 Å². The summed E-state index contributed by atoms with van der Waals surface area (Å²) in [4.78, 5) is 11.5. The molecule has 2 nitrogen and oxygen atoms in total. The van der Waals surface area contributed by atoms with Gasteiger partial charge in [-0.15, -0.1) is 0 Å². The fourth-order valence-electron chi connectivity index (χ4n) is 2.12. The zero-order valence-corrected chi connectivity index (χ0v) is 7.52. The van der Waals surface area contributed by atoms with Crippen molar-refractivity contribution in [2.45, 2.75) is 45.1 Å². The molecule has 0 aromatic carbocycles. The second kappa shape index (κ2) is 2.92. The van der Waals surface area contributed by atoms with E-state index in [1.165, 1.54) is 18.5 Å². The summed E-state index contributed by atoms with van der Waals surface area (Å²) in [5, 5.41) is 3.41. The highest BCUT2D eigenvalue weighted by Gasteiger charge is 2.25. The van der Waals surface area contributed by atoms with Crippen molar-refractivity contribution in [2.24, 2.45) is 0 Å². The molecule has 1 N–H and O–H groups in total. The molecule has 0 spiro atoms. The lowest BCUT2D eigenvalue weighted by Gasteiger charge is -2.29. The third-order valence-corrected chi connectivity index (χ3v) is 2.72. The number of Topliss-reactive ketones (excluding diaryl/α,β-unsaturated/α-hetero) is 1. The quantitative estimate of drug-likeness (QED) is 0.592. The van der Waals surface area contributed by atoms with Crippen molar-refractivity contribution in [3.63, 3.8) is 0 Å². The molecular formula is C10H15NO. The smallest absolute Gasteiger partial charge is 0.162 e. The van der Waals surface area contributed by atoms with Crippen molar-refractivity contribution >= 4 is 5.78 Å². The summed E-state index contributed by atoms with van der Waals surface area (Å²) < 4.78 is 0. The Labute approximate surface area is 73.0 Å². The Morgan fingerprint density at radius 2 is 2.08 bits per heavy atom. The van der Waals surface area contributed by atoms with Crippen LogP contribution in [0.2, 0.25) is 0 Å². The number of hydrogen-bond acceptors (Lipinski definition) is 2. The third-order valence-electron chi connectivity index (χ3n) is 2.72. The molecule has 0 amide bonds. The van der Waals surface area contributed by atoms with Crippen LogP contribution in [0.4, 0.5) is 0 Å². The lowest BCUT2D eigenvalue weighted by Crippen LogP contribution is -2.36. The molecule has 1 aliphatic carbocycles. The van der Waals surface area contributed by atoms with Gasteiger partial charge in [0.05, 0.1) is 0 Å². The molecule has 2 rings (SSSR count). The number of rotatable bonds is 0. The number of nitrogens with one attached hydrogen (secondary N) is 1. The largest absolute Gasteiger partial charge is 0.385 e. The molecule has 1 aliphatic heterocycles. The van der Waals surface area contributed by atoms with E-state index in [0.717, 1.165) is 18.4 Å². The Bertz CT molecular complexity index is 242. The first kappa shape index (κ1) is 7.84. The fourth-order valence-corrected chi connectivity index (χ4v) is 2.12. The van der Waals surface area contributed by atoms with Crippen LogP contribution in [0.25, 0.3) is 0 Å². The highest BCUT2D eigenvalue weighted by molar-refractivity contribution is 5.97. The first-order valence-electron chi connectivity index (χ1n) is 4.79. The van der Waals surface area contributed by atoms with Crippen molar-refractivity contribution in [1.29, 1.82) is 0 Å². The highest BCUT2D eigenvalue weighted by Crippen LogP contribution is 2.28. The van der Waals surface area contributed by atoms with Crippen LogP contribution in [0.1, 0.15) is 39.0 Å². The molecule has 0 aromatic rings. The summed E-state index contributed by atoms with van der Waals surface area (Å²) >= 11 is 0. The predicted octanol–water partition coefficient (Wildman–Crippen LogP) is 1.77. The van der Waals surface area contributed by atoms with E-state index in [2.05, 4.69) is 12.2 Å². The molecule has 0 bridgehead atoms. The van der Waals surface area contributed by atoms with Crippen molar-refractivity contribution in [2.75, 3.05) is 0 Å². The minimum atomic E-state index is 0.356. The van der Waals surface area contributed by atoms with Gasteiger partial charge in [0.2, 0.25) is 0 Å². The summed E-state index contributed by atoms with van der Waals surface area (Å²) in [5.74, 6) is 0.385. The minimum absolute atomic E-state index is 0.356. The van der Waals surface area contributed by atoms with Crippen LogP contribution in [0.15, 0.2) is 11.3 Å². The van der Waals surface area contributed by atoms with E-state index >= 15 is 0 Å². The number of carbonyl (C=O) groups is 1. The Hall–Kier alpha value is -0.790. The van der Waals surface area contributed by atoms with E-state index in [9.17, 15) is 4.79 Å². The SMILES string of the molecule is C[C@H]1CC(=O)C2=C(CCCC2)N1. The van der Waals surface area contributed by atoms with Gasteiger partial charge in [-0.05, 0) is 32.6 Å². The predicted molar refractivity (Wildman–Crippen MR) is 47.7 cm³/mol. The normalized spacial score (nSPS) is 29.8. The summed E-state index contributed by atoms with van der Waals surface area (Å²) in [6.45, 7) is 2.08. The maximum Gasteiger partial charge on any atom is 0.162 e. The Kier molecular flexibility index (Phi) is 1.91. The lowest BCUT2D eigenvalue weighted by atomic mass is 9.88. The monoisotopic (exact) mass is 165 g/mol. The second-order valence-electron chi connectivity index (χ2n) is 3.84. The van der Waals surface area contributed by atoms with Crippen LogP contribution in [-0.2, 0) is 4.79 Å². The highest BCUT2D eigenvalue weighted by atomic mass is 16.1. The maximum absolute atomic E-state index is 11.5. The summed E-state index contributed by atoms with van der Waals surface area (Å²) in [6.07, 6.45) is 5.23. The average molecular weight is 165 g/mol. The Balaban J connectivity index is 2.26. The summed E-state index contributed by atoms with van der Waals surface area (Å²) in [5.41, 5.74) is 2.34. The van der Waals surface area contributed by atoms with Crippen LogP contribution < -0.4 is 5.32 Å². The Morgan fingerprint density at radius 3 is 2.92 bits per heavy atom. The molecule has 2 aliphatic rings. The Morgan fingerprint density at radius 1 is 1.33 bits per heavy atom. The molecule has 0 saturated heterocycles. The molecule has 1 atom stereocenters. The topological polar surface area (TPSA) is 29.1 Å². The van der Waals surface area contributed by atoms with Crippen LogP contribution >= 0.6 is 0 Å². The first-order chi connectivity index (χ1) is 5.77. The number of allylic oxidation sites excluding steroid dienone is 2. The molecule has 0 unspecified atom stereocenters. The zero-order valence-electron chi connectivity index (χ0n) is 7.52. The van der Waals surface area contributed by atoms with Gasteiger partial charge in [-0.1, -0.05) is 0 Å². The molecule has 12 heavy (non-hydrogen) atoms. The van der Waals surface area contributed by atoms with Gasteiger partial charge in [-0.2, -0.15) is 0 Å².